The minimum atomic E-state index is -0.681. The highest BCUT2D eigenvalue weighted by molar-refractivity contribution is 6.30. The van der Waals surface area contributed by atoms with Gasteiger partial charge in [-0.2, -0.15) is 0 Å². The van der Waals surface area contributed by atoms with Crippen LogP contribution in [0.2, 0.25) is 10.0 Å². The van der Waals surface area contributed by atoms with Crippen molar-refractivity contribution in [3.8, 4) is 5.75 Å². The van der Waals surface area contributed by atoms with Crippen molar-refractivity contribution in [2.45, 2.75) is 141 Å². The molecule has 0 bridgehead atoms. The fourth-order valence-electron chi connectivity index (χ4n) is 13.5. The van der Waals surface area contributed by atoms with E-state index in [4.69, 9.17) is 57.3 Å². The number of likely N-dealkylation sites (N-methyl/N-ethyl adjacent to an activating group) is 1. The Bertz CT molecular complexity index is 3410. The molecule has 8 aromatic rings. The van der Waals surface area contributed by atoms with Crippen molar-refractivity contribution in [2.75, 3.05) is 59.2 Å². The number of nitrogens with zero attached hydrogens (tertiary/aromatic N) is 8. The van der Waals surface area contributed by atoms with Crippen molar-refractivity contribution in [3.05, 3.63) is 255 Å². The zero-order valence-corrected chi connectivity index (χ0v) is 56.5. The fraction of sp³-hybridized carbons (Fsp3) is 0.397. The van der Waals surface area contributed by atoms with Gasteiger partial charge in [0.15, 0.2) is 0 Å². The minimum Gasteiger partial charge on any atom is -0.494 e. The van der Waals surface area contributed by atoms with Gasteiger partial charge in [0.25, 0.3) is 5.91 Å². The standard InChI is InChI=1S/C78H91Cl2N9O6/c1-2-88(75(91)77(35-9-3-10-36-77)65-27-31-67(79)32-28-65)45-48-94-50-49-93-47-43-85-74(90)64-25-23-61(24-26-64)56-89(76(92)78(37-11-4-12-38-78)66-29-33-68(80)34-30-66)44-17-18-46-95-73-52-62(54-86(57-69-19-5-13-39-81-69)58-70-20-6-14-40-82-70)51-63(53-73)55-87(59-71-21-7-15-41-83-71)60-72-22-8-16-42-84-72/h5-8,13-16,19-34,39-42,51-53H,2-4,9-12,17-18,35-38,43-50,54-60H2,1H3,(H,85,90). The number of unbranched alkanes of at least 4 members (excludes halogenated alkanes) is 1. The van der Waals surface area contributed by atoms with E-state index in [9.17, 15) is 9.59 Å². The normalized spacial score (nSPS) is 14.3. The first-order chi connectivity index (χ1) is 46.5. The summed E-state index contributed by atoms with van der Waals surface area (Å²) in [7, 11) is 0. The number of aromatic nitrogens is 4. The number of rotatable bonds is 35. The second-order valence-electron chi connectivity index (χ2n) is 25.2. The third-order valence-corrected chi connectivity index (χ3v) is 18.9. The molecule has 10 rings (SSSR count). The number of pyridine rings is 4. The summed E-state index contributed by atoms with van der Waals surface area (Å²) in [5.41, 5.74) is 8.39. The molecule has 2 aliphatic carbocycles. The van der Waals surface area contributed by atoms with Crippen LogP contribution >= 0.6 is 23.2 Å². The van der Waals surface area contributed by atoms with Crippen molar-refractivity contribution in [1.29, 1.82) is 0 Å². The Kier molecular flexibility index (Phi) is 26.7. The summed E-state index contributed by atoms with van der Waals surface area (Å²) in [5, 5.41) is 4.30. The van der Waals surface area contributed by atoms with Crippen LogP contribution in [0.5, 0.6) is 5.75 Å². The van der Waals surface area contributed by atoms with Crippen LogP contribution in [0.15, 0.2) is 189 Å². The number of halogens is 2. The molecule has 4 aromatic carbocycles. The van der Waals surface area contributed by atoms with Gasteiger partial charge in [-0.15, -0.1) is 0 Å². The molecule has 2 aliphatic rings. The zero-order chi connectivity index (χ0) is 65.9. The molecule has 0 spiro atoms. The summed E-state index contributed by atoms with van der Waals surface area (Å²) < 4.78 is 18.6. The van der Waals surface area contributed by atoms with Gasteiger partial charge in [-0.3, -0.25) is 44.1 Å². The maximum atomic E-state index is 15.4. The maximum Gasteiger partial charge on any atom is 0.251 e. The maximum absolute atomic E-state index is 15.4. The molecule has 2 saturated carbocycles. The van der Waals surface area contributed by atoms with Crippen molar-refractivity contribution < 1.29 is 28.6 Å². The van der Waals surface area contributed by atoms with Crippen LogP contribution in [-0.2, 0) is 75.7 Å². The average molecular weight is 1320 g/mol. The van der Waals surface area contributed by atoms with E-state index in [0.29, 0.717) is 133 Å². The summed E-state index contributed by atoms with van der Waals surface area (Å²) in [6, 6.07) is 53.9. The lowest BCUT2D eigenvalue weighted by Crippen LogP contribution is -2.49. The average Bonchev–Trinajstić information content (AvgIpc) is 0.840. The number of amides is 3. The summed E-state index contributed by atoms with van der Waals surface area (Å²) in [4.78, 5) is 70.5. The molecule has 498 valence electrons. The van der Waals surface area contributed by atoms with Crippen LogP contribution in [0.1, 0.15) is 145 Å². The predicted molar refractivity (Wildman–Crippen MR) is 375 cm³/mol. The third-order valence-electron chi connectivity index (χ3n) is 18.4. The van der Waals surface area contributed by atoms with Gasteiger partial charge in [-0.1, -0.05) is 128 Å². The zero-order valence-electron chi connectivity index (χ0n) is 55.0. The Morgan fingerprint density at radius 2 is 0.905 bits per heavy atom. The molecular formula is C78H91Cl2N9O6. The van der Waals surface area contributed by atoms with E-state index in [1.165, 1.54) is 0 Å². The first kappa shape index (κ1) is 69.9. The highest BCUT2D eigenvalue weighted by Crippen LogP contribution is 2.43. The fourth-order valence-corrected chi connectivity index (χ4v) is 13.8. The van der Waals surface area contributed by atoms with Gasteiger partial charge in [0.1, 0.15) is 5.75 Å². The second-order valence-corrected chi connectivity index (χ2v) is 26.1. The smallest absolute Gasteiger partial charge is 0.251 e. The third kappa shape index (κ3) is 20.6. The Hall–Kier alpha value is -7.89. The number of hydrogen-bond donors (Lipinski definition) is 1. The van der Waals surface area contributed by atoms with E-state index in [1.807, 2.05) is 163 Å². The lowest BCUT2D eigenvalue weighted by Gasteiger charge is -2.40. The van der Waals surface area contributed by atoms with Gasteiger partial charge < -0.3 is 29.3 Å². The Morgan fingerprint density at radius 1 is 0.453 bits per heavy atom. The lowest BCUT2D eigenvalue weighted by molar-refractivity contribution is -0.140. The van der Waals surface area contributed by atoms with E-state index < -0.39 is 10.8 Å². The van der Waals surface area contributed by atoms with Crippen molar-refractivity contribution >= 4 is 40.9 Å². The molecule has 2 fully saturated rings. The minimum absolute atomic E-state index is 0.114. The van der Waals surface area contributed by atoms with Crippen molar-refractivity contribution in [2.24, 2.45) is 0 Å². The topological polar surface area (TPSA) is 155 Å². The van der Waals surface area contributed by atoms with Crippen LogP contribution in [0, 0.1) is 0 Å². The summed E-state index contributed by atoms with van der Waals surface area (Å²) in [6.45, 7) is 10.0. The van der Waals surface area contributed by atoms with Gasteiger partial charge >= 0.3 is 0 Å². The largest absolute Gasteiger partial charge is 0.494 e. The first-order valence-electron chi connectivity index (χ1n) is 34.0. The molecule has 1 N–H and O–H groups in total. The van der Waals surface area contributed by atoms with Crippen LogP contribution < -0.4 is 10.1 Å². The summed E-state index contributed by atoms with van der Waals surface area (Å²) >= 11 is 12.7. The lowest BCUT2D eigenvalue weighted by atomic mass is 9.68. The van der Waals surface area contributed by atoms with E-state index in [2.05, 4.69) is 57.6 Å². The Morgan fingerprint density at radius 3 is 1.35 bits per heavy atom. The number of benzene rings is 4. The highest BCUT2D eigenvalue weighted by Gasteiger charge is 2.45. The second kappa shape index (κ2) is 36.3. The number of carbonyl (C=O) groups is 3. The summed E-state index contributed by atoms with van der Waals surface area (Å²) in [6.07, 6.45) is 18.2. The van der Waals surface area contributed by atoms with Gasteiger partial charge in [-0.25, -0.2) is 0 Å². The molecule has 3 amide bonds. The Balaban J connectivity index is 0.766. The van der Waals surface area contributed by atoms with E-state index in [-0.39, 0.29) is 17.7 Å². The first-order valence-corrected chi connectivity index (χ1v) is 34.7. The molecule has 4 aromatic heterocycles. The van der Waals surface area contributed by atoms with Crippen molar-refractivity contribution in [3.63, 3.8) is 0 Å². The van der Waals surface area contributed by atoms with Crippen LogP contribution in [0.4, 0.5) is 0 Å². The molecule has 0 atom stereocenters. The summed E-state index contributed by atoms with van der Waals surface area (Å²) in [5.74, 6) is 0.848. The number of ether oxygens (including phenoxy) is 3. The molecular weight excluding hydrogens is 1230 g/mol. The predicted octanol–water partition coefficient (Wildman–Crippen LogP) is 14.6. The number of carbonyl (C=O) groups excluding carboxylic acids is 3. The number of nitrogens with one attached hydrogen (secondary N) is 1. The van der Waals surface area contributed by atoms with Crippen LogP contribution in [0.3, 0.4) is 0 Å². The molecule has 0 unspecified atom stereocenters. The molecule has 17 heteroatoms. The van der Waals surface area contributed by atoms with E-state index >= 15 is 4.79 Å². The Labute approximate surface area is 571 Å². The van der Waals surface area contributed by atoms with Crippen molar-refractivity contribution in [1.82, 2.24) is 44.9 Å². The SMILES string of the molecule is CCN(CCOCCOCCNC(=O)c1ccc(CN(CCCCOc2cc(CN(Cc3ccccn3)Cc3ccccn3)cc(CN(Cc3ccccn3)Cc3ccccn3)c2)C(=O)C2(c3ccc(Cl)cc3)CCCCC2)cc1)C(=O)C1(c2ccc(Cl)cc2)CCCCC1. The monoisotopic (exact) mass is 1320 g/mol. The van der Waals surface area contributed by atoms with Gasteiger partial charge in [-0.05, 0) is 170 Å². The number of hydrogen-bond acceptors (Lipinski definition) is 12. The molecule has 15 nitrogen and oxygen atoms in total. The highest BCUT2D eigenvalue weighted by atomic mass is 35.5. The molecule has 95 heavy (non-hydrogen) atoms. The van der Waals surface area contributed by atoms with Crippen LogP contribution in [0.25, 0.3) is 0 Å². The van der Waals surface area contributed by atoms with Crippen LogP contribution in [-0.4, -0.2) is 116 Å². The van der Waals surface area contributed by atoms with Gasteiger partial charge in [0.05, 0.1) is 66.6 Å². The molecule has 4 heterocycles. The molecule has 0 aliphatic heterocycles. The molecule has 0 radical (unpaired) electrons. The molecule has 0 saturated heterocycles. The van der Waals surface area contributed by atoms with Gasteiger partial charge in [0.2, 0.25) is 11.8 Å². The quantitative estimate of drug-likeness (QED) is 0.0376. The van der Waals surface area contributed by atoms with E-state index in [1.54, 1.807) is 0 Å². The van der Waals surface area contributed by atoms with E-state index in [0.717, 1.165) is 121 Å². The van der Waals surface area contributed by atoms with Gasteiger partial charge in [0, 0.05) is 112 Å².